The Morgan fingerprint density at radius 3 is 2.54 bits per heavy atom. The van der Waals surface area contributed by atoms with Crippen molar-refractivity contribution >= 4 is 0 Å². The lowest BCUT2D eigenvalue weighted by Crippen LogP contribution is -2.46. The maximum absolute atomic E-state index is 8.42. The van der Waals surface area contributed by atoms with Crippen molar-refractivity contribution in [2.45, 2.75) is 6.92 Å². The third kappa shape index (κ3) is 2.47. The first kappa shape index (κ1) is 9.57. The molecular formula is C9H11N3O. The highest BCUT2D eigenvalue weighted by Crippen LogP contribution is 2.24. The van der Waals surface area contributed by atoms with E-state index in [1.54, 1.807) is 12.1 Å². The van der Waals surface area contributed by atoms with E-state index in [1.165, 1.54) is 6.20 Å². The van der Waals surface area contributed by atoms with Crippen LogP contribution < -0.4 is 5.32 Å². The first-order valence-corrected chi connectivity index (χ1v) is 4.02. The van der Waals surface area contributed by atoms with Gasteiger partial charge in [-0.15, -0.1) is 0 Å². The third-order valence-corrected chi connectivity index (χ3v) is 1.92. The zero-order valence-corrected chi connectivity index (χ0v) is 7.50. The fourth-order valence-electron chi connectivity index (χ4n) is 1.04. The van der Waals surface area contributed by atoms with E-state index in [9.17, 15) is 0 Å². The number of nitrogens with zero attached hydrogens (tertiary/aromatic N) is 2. The van der Waals surface area contributed by atoms with Crippen molar-refractivity contribution in [3.8, 4) is 12.1 Å². The van der Waals surface area contributed by atoms with E-state index in [0.29, 0.717) is 0 Å². The number of rotatable bonds is 3. The summed E-state index contributed by atoms with van der Waals surface area (Å²) in [6.45, 7) is 4.31. The molecule has 0 aromatic carbocycles. The molecule has 4 nitrogen and oxygen atoms in total. The second-order valence-corrected chi connectivity index (χ2v) is 3.47. The van der Waals surface area contributed by atoms with Gasteiger partial charge in [0.15, 0.2) is 0 Å². The van der Waals surface area contributed by atoms with Crippen molar-refractivity contribution in [3.63, 3.8) is 0 Å². The normalized spacial score (nSPS) is 17.5. The highest BCUT2D eigenvalue weighted by molar-refractivity contribution is 5.34. The van der Waals surface area contributed by atoms with Crippen LogP contribution in [-0.2, 0) is 4.74 Å². The zero-order chi connectivity index (χ0) is 9.73. The van der Waals surface area contributed by atoms with Gasteiger partial charge in [-0.05, 0) is 0 Å². The summed E-state index contributed by atoms with van der Waals surface area (Å²) in [5, 5.41) is 19.8. The molecule has 1 heterocycles. The van der Waals surface area contributed by atoms with Crippen LogP contribution >= 0.6 is 0 Å². The minimum atomic E-state index is 0.101. The maximum atomic E-state index is 8.42. The molecule has 1 saturated heterocycles. The van der Waals surface area contributed by atoms with Gasteiger partial charge in [-0.2, -0.15) is 10.5 Å². The molecule has 4 heteroatoms. The molecule has 0 spiro atoms. The molecule has 0 bridgehead atoms. The Labute approximate surface area is 77.4 Å². The molecule has 0 radical (unpaired) electrons. The lowest BCUT2D eigenvalue weighted by atomic mass is 9.89. The predicted octanol–water partition coefficient (Wildman–Crippen LogP) is 0.544. The van der Waals surface area contributed by atoms with Gasteiger partial charge in [0, 0.05) is 18.2 Å². The molecule has 1 aliphatic rings. The summed E-state index contributed by atoms with van der Waals surface area (Å²) in [5.41, 5.74) is 0.260. The second-order valence-electron chi connectivity index (χ2n) is 3.47. The van der Waals surface area contributed by atoms with E-state index in [1.807, 2.05) is 0 Å². The monoisotopic (exact) mass is 177 g/mol. The Morgan fingerprint density at radius 2 is 2.15 bits per heavy atom. The molecule has 68 valence electrons. The fourth-order valence-corrected chi connectivity index (χ4v) is 1.04. The van der Waals surface area contributed by atoms with E-state index in [-0.39, 0.29) is 11.0 Å². The quantitative estimate of drug-likeness (QED) is 0.639. The topological polar surface area (TPSA) is 68.8 Å². The lowest BCUT2D eigenvalue weighted by molar-refractivity contribution is -0.0976. The molecule has 1 rings (SSSR count). The summed E-state index contributed by atoms with van der Waals surface area (Å²) in [6.07, 6.45) is 1.45. The molecule has 0 saturated carbocycles. The number of nitrogens with one attached hydrogen (secondary N) is 1. The largest absolute Gasteiger partial charge is 0.389 e. The summed E-state index contributed by atoms with van der Waals surface area (Å²) >= 11 is 0. The predicted molar refractivity (Wildman–Crippen MR) is 46.2 cm³/mol. The highest BCUT2D eigenvalue weighted by atomic mass is 16.5. The Morgan fingerprint density at radius 1 is 1.54 bits per heavy atom. The smallest absolute Gasteiger partial charge is 0.145 e. The van der Waals surface area contributed by atoms with Crippen LogP contribution in [0, 0.1) is 28.1 Å². The number of allylic oxidation sites excluding steroid dienone is 1. The minimum absolute atomic E-state index is 0.101. The standard InChI is InChI=1S/C9H11N3O/c1-9(6-13-7-9)5-12-4-8(2-10)3-11/h4,12H,5-7H2,1H3. The van der Waals surface area contributed by atoms with Gasteiger partial charge in [0.1, 0.15) is 17.7 Å². The number of nitriles is 2. The maximum Gasteiger partial charge on any atom is 0.145 e. The van der Waals surface area contributed by atoms with Gasteiger partial charge in [-0.3, -0.25) is 0 Å². The first-order valence-electron chi connectivity index (χ1n) is 4.02. The number of hydrogen-bond acceptors (Lipinski definition) is 4. The van der Waals surface area contributed by atoms with Crippen LogP contribution in [0.3, 0.4) is 0 Å². The molecular weight excluding hydrogens is 166 g/mol. The van der Waals surface area contributed by atoms with Crippen molar-refractivity contribution in [2.24, 2.45) is 5.41 Å². The van der Waals surface area contributed by atoms with Crippen molar-refractivity contribution in [1.82, 2.24) is 5.32 Å². The Kier molecular flexibility index (Phi) is 2.89. The average Bonchev–Trinajstić information content (AvgIpc) is 2.10. The van der Waals surface area contributed by atoms with Gasteiger partial charge in [-0.25, -0.2) is 0 Å². The molecule has 0 unspecified atom stereocenters. The minimum Gasteiger partial charge on any atom is -0.389 e. The van der Waals surface area contributed by atoms with Crippen molar-refractivity contribution in [1.29, 1.82) is 10.5 Å². The Bertz CT molecular complexity index is 275. The van der Waals surface area contributed by atoms with Gasteiger partial charge in [-0.1, -0.05) is 6.92 Å². The van der Waals surface area contributed by atoms with Crippen LogP contribution in [-0.4, -0.2) is 19.8 Å². The first-order chi connectivity index (χ1) is 6.20. The molecule has 0 atom stereocenters. The Hall–Kier alpha value is -1.52. The van der Waals surface area contributed by atoms with E-state index in [2.05, 4.69) is 12.2 Å². The molecule has 13 heavy (non-hydrogen) atoms. The zero-order valence-electron chi connectivity index (χ0n) is 7.50. The Balaban J connectivity index is 2.32. The highest BCUT2D eigenvalue weighted by Gasteiger charge is 2.32. The van der Waals surface area contributed by atoms with Crippen LogP contribution in [0.5, 0.6) is 0 Å². The van der Waals surface area contributed by atoms with Crippen LogP contribution in [0.2, 0.25) is 0 Å². The lowest BCUT2D eigenvalue weighted by Gasteiger charge is -2.37. The molecule has 1 aliphatic heterocycles. The molecule has 1 fully saturated rings. The van der Waals surface area contributed by atoms with E-state index in [0.717, 1.165) is 19.8 Å². The van der Waals surface area contributed by atoms with Crippen molar-refractivity contribution in [3.05, 3.63) is 11.8 Å². The van der Waals surface area contributed by atoms with Crippen LogP contribution in [0.1, 0.15) is 6.92 Å². The SMILES string of the molecule is CC1(CNC=C(C#N)C#N)COC1. The summed E-state index contributed by atoms with van der Waals surface area (Å²) in [5.74, 6) is 0. The third-order valence-electron chi connectivity index (χ3n) is 1.92. The van der Waals surface area contributed by atoms with Crippen molar-refractivity contribution in [2.75, 3.05) is 19.8 Å². The van der Waals surface area contributed by atoms with E-state index in [4.69, 9.17) is 15.3 Å². The van der Waals surface area contributed by atoms with Gasteiger partial charge in [0.05, 0.1) is 13.2 Å². The fraction of sp³-hybridized carbons (Fsp3) is 0.556. The second kappa shape index (κ2) is 3.93. The van der Waals surface area contributed by atoms with Crippen LogP contribution in [0.4, 0.5) is 0 Å². The molecule has 0 aromatic heterocycles. The van der Waals surface area contributed by atoms with E-state index >= 15 is 0 Å². The van der Waals surface area contributed by atoms with Crippen LogP contribution in [0.25, 0.3) is 0 Å². The van der Waals surface area contributed by atoms with Gasteiger partial charge in [0.2, 0.25) is 0 Å². The number of hydrogen-bond donors (Lipinski definition) is 1. The molecule has 1 N–H and O–H groups in total. The molecule has 0 aromatic rings. The molecule has 0 aliphatic carbocycles. The summed E-state index contributed by atoms with van der Waals surface area (Å²) in [4.78, 5) is 0. The molecule has 0 amide bonds. The summed E-state index contributed by atoms with van der Waals surface area (Å²) in [7, 11) is 0. The average molecular weight is 177 g/mol. The van der Waals surface area contributed by atoms with Gasteiger partial charge < -0.3 is 10.1 Å². The van der Waals surface area contributed by atoms with Gasteiger partial charge in [0.25, 0.3) is 0 Å². The van der Waals surface area contributed by atoms with Gasteiger partial charge >= 0.3 is 0 Å². The summed E-state index contributed by atoms with van der Waals surface area (Å²) < 4.78 is 5.06. The van der Waals surface area contributed by atoms with E-state index < -0.39 is 0 Å². The number of ether oxygens (including phenoxy) is 1. The summed E-state index contributed by atoms with van der Waals surface area (Å²) in [6, 6.07) is 3.56. The van der Waals surface area contributed by atoms with Crippen LogP contribution in [0.15, 0.2) is 11.8 Å². The van der Waals surface area contributed by atoms with Crippen molar-refractivity contribution < 1.29 is 4.74 Å².